The summed E-state index contributed by atoms with van der Waals surface area (Å²) >= 11 is 0. The van der Waals surface area contributed by atoms with Crippen LogP contribution >= 0.6 is 0 Å². The van der Waals surface area contributed by atoms with Gasteiger partial charge in [-0.2, -0.15) is 0 Å². The maximum atomic E-state index is 5.63. The van der Waals surface area contributed by atoms with Crippen LogP contribution in [-0.2, 0) is 0 Å². The second-order valence-electron chi connectivity index (χ2n) is 3.46. The number of hydrogen-bond donors (Lipinski definition) is 1. The minimum absolute atomic E-state index is 0.391. The van der Waals surface area contributed by atoms with E-state index in [1.54, 1.807) is 6.07 Å². The highest BCUT2D eigenvalue weighted by Crippen LogP contribution is 2.15. The normalized spacial score (nSPS) is 10.2. The fraction of sp³-hybridized carbons (Fsp3) is 0.364. The molecule has 0 amide bonds. The lowest BCUT2D eigenvalue weighted by Crippen LogP contribution is -2.31. The largest absolute Gasteiger partial charge is 0.384 e. The van der Waals surface area contributed by atoms with Gasteiger partial charge in [0.05, 0.1) is 0 Å². The van der Waals surface area contributed by atoms with Gasteiger partial charge in [0.2, 0.25) is 0 Å². The molecule has 0 aliphatic heterocycles. The van der Waals surface area contributed by atoms with E-state index in [1.807, 2.05) is 18.2 Å². The molecule has 0 aromatic carbocycles. The highest BCUT2D eigenvalue weighted by Gasteiger charge is 2.09. The van der Waals surface area contributed by atoms with Crippen LogP contribution in [-0.4, -0.2) is 17.6 Å². The first-order valence-electron chi connectivity index (χ1n) is 4.75. The molecule has 1 aromatic heterocycles. The number of hydrogen-bond acceptors (Lipinski definition) is 3. The highest BCUT2D eigenvalue weighted by atomic mass is 15.2. The predicted octanol–water partition coefficient (Wildman–Crippen LogP) is 2.06. The number of nitrogens with zero attached hydrogens (tertiary/aromatic N) is 2. The minimum atomic E-state index is 0.391. The van der Waals surface area contributed by atoms with Gasteiger partial charge in [0.15, 0.2) is 0 Å². The molecule has 0 saturated carbocycles. The fourth-order valence-corrected chi connectivity index (χ4v) is 1.31. The standard InChI is InChI=1S/C11H17N3/c1-4-8-14(9(2)3)11-7-5-6-10(12)13-11/h4-7,9H,1,8H2,2-3H3,(H2,12,13). The Morgan fingerprint density at radius 1 is 1.57 bits per heavy atom. The Kier molecular flexibility index (Phi) is 3.51. The van der Waals surface area contributed by atoms with E-state index >= 15 is 0 Å². The minimum Gasteiger partial charge on any atom is -0.384 e. The zero-order valence-electron chi connectivity index (χ0n) is 8.77. The van der Waals surface area contributed by atoms with Crippen LogP contribution in [0.2, 0.25) is 0 Å². The fourth-order valence-electron chi connectivity index (χ4n) is 1.31. The summed E-state index contributed by atoms with van der Waals surface area (Å²) in [6.45, 7) is 8.75. The van der Waals surface area contributed by atoms with Crippen LogP contribution in [0.3, 0.4) is 0 Å². The Morgan fingerprint density at radius 3 is 2.79 bits per heavy atom. The third kappa shape index (κ3) is 2.49. The summed E-state index contributed by atoms with van der Waals surface area (Å²) in [7, 11) is 0. The molecule has 1 heterocycles. The van der Waals surface area contributed by atoms with Crippen molar-refractivity contribution in [2.75, 3.05) is 17.2 Å². The Balaban J connectivity index is 2.92. The molecule has 1 rings (SSSR count). The molecule has 0 atom stereocenters. The average Bonchev–Trinajstić information content (AvgIpc) is 2.13. The molecule has 3 nitrogen and oxygen atoms in total. The van der Waals surface area contributed by atoms with E-state index in [0.29, 0.717) is 11.9 Å². The van der Waals surface area contributed by atoms with Crippen LogP contribution < -0.4 is 10.6 Å². The maximum absolute atomic E-state index is 5.63. The Labute approximate surface area is 85.3 Å². The summed E-state index contributed by atoms with van der Waals surface area (Å²) in [6.07, 6.45) is 1.87. The number of aromatic nitrogens is 1. The average molecular weight is 191 g/mol. The van der Waals surface area contributed by atoms with Crippen LogP contribution in [0.25, 0.3) is 0 Å². The van der Waals surface area contributed by atoms with E-state index in [4.69, 9.17) is 5.73 Å². The number of rotatable bonds is 4. The SMILES string of the molecule is C=CCN(c1cccc(N)n1)C(C)C. The van der Waals surface area contributed by atoms with Crippen molar-refractivity contribution in [3.05, 3.63) is 30.9 Å². The third-order valence-corrected chi connectivity index (χ3v) is 2.00. The summed E-state index contributed by atoms with van der Waals surface area (Å²) in [5, 5.41) is 0. The van der Waals surface area contributed by atoms with E-state index in [9.17, 15) is 0 Å². The van der Waals surface area contributed by atoms with Gasteiger partial charge in [-0.05, 0) is 26.0 Å². The molecule has 0 spiro atoms. The summed E-state index contributed by atoms with van der Waals surface area (Å²) in [5.74, 6) is 1.46. The van der Waals surface area contributed by atoms with E-state index in [1.165, 1.54) is 0 Å². The van der Waals surface area contributed by atoms with Gasteiger partial charge in [-0.1, -0.05) is 12.1 Å². The first-order valence-corrected chi connectivity index (χ1v) is 4.75. The van der Waals surface area contributed by atoms with Gasteiger partial charge >= 0.3 is 0 Å². The quantitative estimate of drug-likeness (QED) is 0.741. The molecule has 0 radical (unpaired) electrons. The first-order chi connectivity index (χ1) is 6.65. The molecule has 0 aliphatic rings. The monoisotopic (exact) mass is 191 g/mol. The molecule has 76 valence electrons. The van der Waals surface area contributed by atoms with Crippen LogP contribution in [0.1, 0.15) is 13.8 Å². The third-order valence-electron chi connectivity index (χ3n) is 2.00. The Hall–Kier alpha value is -1.51. The molecule has 3 heteroatoms. The van der Waals surface area contributed by atoms with Gasteiger partial charge in [0.25, 0.3) is 0 Å². The van der Waals surface area contributed by atoms with Crippen molar-refractivity contribution in [2.24, 2.45) is 0 Å². The highest BCUT2D eigenvalue weighted by molar-refractivity contribution is 5.45. The van der Waals surface area contributed by atoms with Crippen molar-refractivity contribution in [1.82, 2.24) is 4.98 Å². The number of nitrogen functional groups attached to an aromatic ring is 1. The Morgan fingerprint density at radius 2 is 2.29 bits per heavy atom. The second kappa shape index (κ2) is 4.65. The van der Waals surface area contributed by atoms with Gasteiger partial charge in [-0.25, -0.2) is 4.98 Å². The summed E-state index contributed by atoms with van der Waals surface area (Å²) in [5.41, 5.74) is 5.63. The first kappa shape index (κ1) is 10.6. The van der Waals surface area contributed by atoms with Crippen LogP contribution in [0, 0.1) is 0 Å². The number of nitrogens with two attached hydrogens (primary N) is 1. The van der Waals surface area contributed by atoms with Gasteiger partial charge in [0.1, 0.15) is 11.6 Å². The van der Waals surface area contributed by atoms with E-state index in [-0.39, 0.29) is 0 Å². The van der Waals surface area contributed by atoms with E-state index in [0.717, 1.165) is 12.4 Å². The lowest BCUT2D eigenvalue weighted by atomic mass is 10.3. The van der Waals surface area contributed by atoms with Crippen LogP contribution in [0.4, 0.5) is 11.6 Å². The lowest BCUT2D eigenvalue weighted by molar-refractivity contribution is 0.713. The molecule has 0 bridgehead atoms. The van der Waals surface area contributed by atoms with Crippen molar-refractivity contribution in [2.45, 2.75) is 19.9 Å². The molecule has 14 heavy (non-hydrogen) atoms. The second-order valence-corrected chi connectivity index (χ2v) is 3.46. The van der Waals surface area contributed by atoms with Crippen LogP contribution in [0.5, 0.6) is 0 Å². The summed E-state index contributed by atoms with van der Waals surface area (Å²) in [6, 6.07) is 6.05. The molecule has 2 N–H and O–H groups in total. The van der Waals surface area contributed by atoms with E-state index in [2.05, 4.69) is 30.3 Å². The van der Waals surface area contributed by atoms with Crippen molar-refractivity contribution < 1.29 is 0 Å². The van der Waals surface area contributed by atoms with Crippen molar-refractivity contribution in [3.63, 3.8) is 0 Å². The zero-order chi connectivity index (χ0) is 10.6. The molecule has 0 fully saturated rings. The lowest BCUT2D eigenvalue weighted by Gasteiger charge is -2.26. The molecule has 1 aromatic rings. The summed E-state index contributed by atoms with van der Waals surface area (Å²) in [4.78, 5) is 6.41. The van der Waals surface area contributed by atoms with Crippen LogP contribution in [0.15, 0.2) is 30.9 Å². The molecular formula is C11H17N3. The zero-order valence-corrected chi connectivity index (χ0v) is 8.77. The van der Waals surface area contributed by atoms with Crippen molar-refractivity contribution >= 4 is 11.6 Å². The molecule has 0 unspecified atom stereocenters. The molecule has 0 aliphatic carbocycles. The maximum Gasteiger partial charge on any atom is 0.131 e. The number of pyridine rings is 1. The summed E-state index contributed by atoms with van der Waals surface area (Å²) < 4.78 is 0. The van der Waals surface area contributed by atoms with Crippen molar-refractivity contribution in [1.29, 1.82) is 0 Å². The predicted molar refractivity (Wildman–Crippen MR) is 61.3 cm³/mol. The molecule has 0 saturated heterocycles. The topological polar surface area (TPSA) is 42.1 Å². The van der Waals surface area contributed by atoms with Gasteiger partial charge in [-0.3, -0.25) is 0 Å². The smallest absolute Gasteiger partial charge is 0.131 e. The van der Waals surface area contributed by atoms with Gasteiger partial charge in [-0.15, -0.1) is 6.58 Å². The van der Waals surface area contributed by atoms with E-state index < -0.39 is 0 Å². The van der Waals surface area contributed by atoms with Gasteiger partial charge in [0, 0.05) is 12.6 Å². The Bertz CT molecular complexity index is 307. The molecular weight excluding hydrogens is 174 g/mol. The van der Waals surface area contributed by atoms with Crippen molar-refractivity contribution in [3.8, 4) is 0 Å². The number of anilines is 2. The van der Waals surface area contributed by atoms with Gasteiger partial charge < -0.3 is 10.6 Å².